The fraction of sp³-hybridized carbons (Fsp3) is 0.450. The molecule has 8 heteroatoms. The summed E-state index contributed by atoms with van der Waals surface area (Å²) in [6, 6.07) is 7.90. The number of anilines is 2. The number of morpholine rings is 1. The van der Waals surface area contributed by atoms with Gasteiger partial charge in [0.15, 0.2) is 0 Å². The Labute approximate surface area is 164 Å². The minimum absolute atomic E-state index is 0.241. The molecule has 148 valence electrons. The lowest BCUT2D eigenvalue weighted by molar-refractivity contribution is 0.0981. The molecule has 1 amide bonds. The van der Waals surface area contributed by atoms with E-state index in [9.17, 15) is 4.79 Å². The average molecular weight is 383 g/mol. The van der Waals surface area contributed by atoms with Gasteiger partial charge in [-0.2, -0.15) is 0 Å². The first-order chi connectivity index (χ1) is 13.7. The van der Waals surface area contributed by atoms with Crippen molar-refractivity contribution in [1.29, 1.82) is 0 Å². The van der Waals surface area contributed by atoms with Crippen LogP contribution >= 0.6 is 0 Å². The number of carbonyl (C=O) groups is 1. The molecule has 0 saturated carbocycles. The van der Waals surface area contributed by atoms with Crippen molar-refractivity contribution in [2.24, 2.45) is 0 Å². The van der Waals surface area contributed by atoms with E-state index in [1.54, 1.807) is 6.92 Å². The van der Waals surface area contributed by atoms with Crippen molar-refractivity contribution < 1.29 is 14.3 Å². The molecule has 1 fully saturated rings. The first kappa shape index (κ1) is 18.6. The molecule has 28 heavy (non-hydrogen) atoms. The summed E-state index contributed by atoms with van der Waals surface area (Å²) in [6.45, 7) is 7.91. The number of hydrogen-bond acceptors (Lipinski definition) is 7. The van der Waals surface area contributed by atoms with Gasteiger partial charge >= 0.3 is 6.09 Å². The van der Waals surface area contributed by atoms with Gasteiger partial charge in [0.25, 0.3) is 0 Å². The van der Waals surface area contributed by atoms with Crippen molar-refractivity contribution in [3.05, 3.63) is 35.5 Å². The lowest BCUT2D eigenvalue weighted by atomic mass is 10.1. The van der Waals surface area contributed by atoms with Gasteiger partial charge in [0.2, 0.25) is 5.95 Å². The zero-order valence-electron chi connectivity index (χ0n) is 16.2. The maximum Gasteiger partial charge on any atom is 0.411 e. The number of aromatic nitrogens is 2. The van der Waals surface area contributed by atoms with Crippen molar-refractivity contribution in [1.82, 2.24) is 15.3 Å². The number of carbonyl (C=O) groups excluding carboxylic acids is 1. The quantitative estimate of drug-likeness (QED) is 0.839. The minimum Gasteiger partial charge on any atom is -0.450 e. The predicted molar refractivity (Wildman–Crippen MR) is 106 cm³/mol. The van der Waals surface area contributed by atoms with E-state index in [0.717, 1.165) is 48.1 Å². The Kier molecular flexibility index (Phi) is 5.40. The fourth-order valence-corrected chi connectivity index (χ4v) is 3.54. The number of rotatable bonds is 4. The molecule has 0 aliphatic carbocycles. The Morgan fingerprint density at radius 1 is 1.32 bits per heavy atom. The summed E-state index contributed by atoms with van der Waals surface area (Å²) in [6.07, 6.45) is -0.453. The molecule has 0 spiro atoms. The van der Waals surface area contributed by atoms with Crippen LogP contribution in [0.15, 0.2) is 24.3 Å². The summed E-state index contributed by atoms with van der Waals surface area (Å²) in [7, 11) is 0. The lowest BCUT2D eigenvalue weighted by Crippen LogP contribution is -2.44. The van der Waals surface area contributed by atoms with Crippen LogP contribution in [0.25, 0.3) is 11.3 Å². The smallest absolute Gasteiger partial charge is 0.411 e. The molecule has 1 saturated heterocycles. The van der Waals surface area contributed by atoms with Crippen LogP contribution in [0.5, 0.6) is 0 Å². The Morgan fingerprint density at radius 3 is 2.89 bits per heavy atom. The highest BCUT2D eigenvalue weighted by Gasteiger charge is 2.26. The summed E-state index contributed by atoms with van der Waals surface area (Å²) in [5.74, 6) is 0.752. The van der Waals surface area contributed by atoms with Crippen LogP contribution in [0, 0.1) is 0 Å². The molecule has 0 bridgehead atoms. The van der Waals surface area contributed by atoms with Crippen LogP contribution in [-0.4, -0.2) is 48.5 Å². The highest BCUT2D eigenvalue weighted by atomic mass is 16.5. The van der Waals surface area contributed by atoms with Gasteiger partial charge in [0, 0.05) is 36.4 Å². The third-order valence-corrected chi connectivity index (χ3v) is 4.98. The van der Waals surface area contributed by atoms with E-state index in [4.69, 9.17) is 19.4 Å². The van der Waals surface area contributed by atoms with E-state index in [2.05, 4.69) is 22.5 Å². The normalized spacial score (nSPS) is 18.6. The third kappa shape index (κ3) is 3.79. The molecular formula is C20H25N5O3. The van der Waals surface area contributed by atoms with E-state index < -0.39 is 6.09 Å². The second-order valence-corrected chi connectivity index (χ2v) is 6.94. The van der Waals surface area contributed by atoms with Crippen molar-refractivity contribution in [3.8, 4) is 11.3 Å². The molecule has 2 aliphatic heterocycles. The van der Waals surface area contributed by atoms with E-state index >= 15 is 0 Å². The summed E-state index contributed by atoms with van der Waals surface area (Å²) in [4.78, 5) is 23.5. The highest BCUT2D eigenvalue weighted by molar-refractivity contribution is 5.85. The van der Waals surface area contributed by atoms with Crippen LogP contribution < -0.4 is 15.5 Å². The van der Waals surface area contributed by atoms with Crippen molar-refractivity contribution >= 4 is 17.7 Å². The number of nitrogens with zero attached hydrogens (tertiary/aromatic N) is 3. The summed E-state index contributed by atoms with van der Waals surface area (Å²) >= 11 is 0. The maximum absolute atomic E-state index is 11.6. The Bertz CT molecular complexity index is 856. The van der Waals surface area contributed by atoms with Gasteiger partial charge in [-0.3, -0.25) is 5.32 Å². The molecule has 2 aromatic rings. The number of nitrogens with one attached hydrogen (secondary N) is 2. The van der Waals surface area contributed by atoms with Gasteiger partial charge in [-0.25, -0.2) is 14.8 Å². The third-order valence-electron chi connectivity index (χ3n) is 4.98. The average Bonchev–Trinajstić information content (AvgIpc) is 3.17. The maximum atomic E-state index is 11.6. The zero-order valence-corrected chi connectivity index (χ0v) is 16.2. The number of ether oxygens (including phenoxy) is 2. The van der Waals surface area contributed by atoms with E-state index in [1.165, 1.54) is 0 Å². The van der Waals surface area contributed by atoms with Gasteiger partial charge in [0.05, 0.1) is 37.3 Å². The first-order valence-corrected chi connectivity index (χ1v) is 9.65. The van der Waals surface area contributed by atoms with Crippen molar-refractivity contribution in [2.75, 3.05) is 36.6 Å². The Balaban J connectivity index is 1.64. The van der Waals surface area contributed by atoms with Crippen molar-refractivity contribution in [2.45, 2.75) is 33.0 Å². The number of amides is 1. The Hall–Kier alpha value is -2.71. The van der Waals surface area contributed by atoms with Crippen LogP contribution in [0.3, 0.4) is 0 Å². The summed E-state index contributed by atoms with van der Waals surface area (Å²) < 4.78 is 10.5. The minimum atomic E-state index is -0.453. The summed E-state index contributed by atoms with van der Waals surface area (Å²) in [5.41, 5.74) is 4.81. The van der Waals surface area contributed by atoms with Gasteiger partial charge < -0.3 is 19.7 Å². The van der Waals surface area contributed by atoms with Crippen LogP contribution in [-0.2, 0) is 22.6 Å². The molecule has 4 rings (SSSR count). The number of hydrogen-bond donors (Lipinski definition) is 2. The van der Waals surface area contributed by atoms with Gasteiger partial charge in [-0.15, -0.1) is 0 Å². The molecule has 1 aromatic heterocycles. The second kappa shape index (κ2) is 8.12. The lowest BCUT2D eigenvalue weighted by Gasteiger charge is -2.33. The molecule has 0 unspecified atom stereocenters. The highest BCUT2D eigenvalue weighted by Crippen LogP contribution is 2.30. The SMILES string of the molecule is CCOC(=O)Nc1ccc(-c2nc(N3CCOC[C@@H]3C)nc3c2CNC3)cc1. The van der Waals surface area contributed by atoms with Crippen LogP contribution in [0.1, 0.15) is 25.1 Å². The van der Waals surface area contributed by atoms with E-state index in [-0.39, 0.29) is 6.04 Å². The van der Waals surface area contributed by atoms with Crippen LogP contribution in [0.2, 0.25) is 0 Å². The van der Waals surface area contributed by atoms with Crippen LogP contribution in [0.4, 0.5) is 16.4 Å². The predicted octanol–water partition coefficient (Wildman–Crippen LogP) is 2.54. The largest absolute Gasteiger partial charge is 0.450 e. The molecular weight excluding hydrogens is 358 g/mol. The number of fused-ring (bicyclic) bond motifs is 1. The topological polar surface area (TPSA) is 88.6 Å². The monoisotopic (exact) mass is 383 g/mol. The molecule has 2 aliphatic rings. The fourth-order valence-electron chi connectivity index (χ4n) is 3.54. The summed E-state index contributed by atoms with van der Waals surface area (Å²) in [5, 5.41) is 6.09. The molecule has 1 atom stereocenters. The second-order valence-electron chi connectivity index (χ2n) is 6.94. The molecule has 2 N–H and O–H groups in total. The zero-order chi connectivity index (χ0) is 19.5. The van der Waals surface area contributed by atoms with Gasteiger partial charge in [0.1, 0.15) is 0 Å². The molecule has 3 heterocycles. The molecule has 0 radical (unpaired) electrons. The van der Waals surface area contributed by atoms with Gasteiger partial charge in [-0.05, 0) is 26.0 Å². The van der Waals surface area contributed by atoms with E-state index in [0.29, 0.717) is 25.5 Å². The first-order valence-electron chi connectivity index (χ1n) is 9.65. The van der Waals surface area contributed by atoms with E-state index in [1.807, 2.05) is 24.3 Å². The number of benzene rings is 1. The van der Waals surface area contributed by atoms with Crippen molar-refractivity contribution in [3.63, 3.8) is 0 Å². The standard InChI is InChI=1S/C20H25N5O3/c1-3-28-20(26)22-15-6-4-14(5-7-15)18-16-10-21-11-17(16)23-19(24-18)25-8-9-27-12-13(25)2/h4-7,13,21H,3,8-12H2,1-2H3,(H,22,26)/t13-/m0/s1. The molecule has 1 aromatic carbocycles. The van der Waals surface area contributed by atoms with Gasteiger partial charge in [-0.1, -0.05) is 12.1 Å². The molecule has 8 nitrogen and oxygen atoms in total. The Morgan fingerprint density at radius 2 is 2.14 bits per heavy atom.